The van der Waals surface area contributed by atoms with Crippen molar-refractivity contribution in [2.24, 2.45) is 0 Å². The van der Waals surface area contributed by atoms with Gasteiger partial charge in [-0.2, -0.15) is 0 Å². The topological polar surface area (TPSA) is 82.2 Å². The lowest BCUT2D eigenvalue weighted by atomic mass is 10.1. The SMILES string of the molecule is Cc1cccc(Cn2cnc(NC(=O)c3ccc(COc4ccc(Cl)cc4)o3)n2)c1. The van der Waals surface area contributed by atoms with E-state index in [9.17, 15) is 4.79 Å². The molecule has 0 radical (unpaired) electrons. The number of aromatic nitrogens is 3. The van der Waals surface area contributed by atoms with E-state index in [1.807, 2.05) is 25.1 Å². The number of furan rings is 1. The van der Waals surface area contributed by atoms with Gasteiger partial charge in [0.15, 0.2) is 5.76 Å². The maximum atomic E-state index is 12.4. The first-order valence-electron chi connectivity index (χ1n) is 9.28. The third-order valence-electron chi connectivity index (χ3n) is 4.27. The largest absolute Gasteiger partial charge is 0.486 e. The van der Waals surface area contributed by atoms with Gasteiger partial charge in [0.25, 0.3) is 5.91 Å². The molecule has 0 fully saturated rings. The Morgan fingerprint density at radius 1 is 1.17 bits per heavy atom. The monoisotopic (exact) mass is 422 g/mol. The van der Waals surface area contributed by atoms with Crippen LogP contribution in [0.25, 0.3) is 0 Å². The van der Waals surface area contributed by atoms with Crippen molar-refractivity contribution in [3.63, 3.8) is 0 Å². The lowest BCUT2D eigenvalue weighted by Gasteiger charge is -2.04. The van der Waals surface area contributed by atoms with Crippen LogP contribution < -0.4 is 10.1 Å². The molecule has 152 valence electrons. The first-order chi connectivity index (χ1) is 14.5. The van der Waals surface area contributed by atoms with Crippen LogP contribution in [0.1, 0.15) is 27.4 Å². The standard InChI is InChI=1S/C22H19ClN4O3/c1-15-3-2-4-16(11-15)12-27-14-24-22(26-27)25-21(28)20-10-9-19(30-20)13-29-18-7-5-17(23)6-8-18/h2-11,14H,12-13H2,1H3,(H,25,26,28). The molecule has 0 aliphatic carbocycles. The molecule has 0 spiro atoms. The molecular formula is C22H19ClN4O3. The molecular weight excluding hydrogens is 404 g/mol. The average Bonchev–Trinajstić information content (AvgIpc) is 3.37. The van der Waals surface area contributed by atoms with Gasteiger partial charge in [-0.05, 0) is 48.9 Å². The molecule has 2 aromatic carbocycles. The molecule has 0 atom stereocenters. The second-order valence-electron chi connectivity index (χ2n) is 6.72. The third-order valence-corrected chi connectivity index (χ3v) is 4.52. The molecule has 4 aromatic rings. The fourth-order valence-corrected chi connectivity index (χ4v) is 2.98. The molecule has 30 heavy (non-hydrogen) atoms. The Bertz CT molecular complexity index is 1150. The summed E-state index contributed by atoms with van der Waals surface area (Å²) in [5.41, 5.74) is 2.28. The van der Waals surface area contributed by atoms with Gasteiger partial charge in [-0.3, -0.25) is 10.1 Å². The summed E-state index contributed by atoms with van der Waals surface area (Å²) < 4.78 is 12.8. The average molecular weight is 423 g/mol. The molecule has 0 aliphatic heterocycles. The van der Waals surface area contributed by atoms with E-state index in [4.69, 9.17) is 20.8 Å². The molecule has 0 saturated carbocycles. The number of carbonyl (C=O) groups is 1. The number of carbonyl (C=O) groups excluding carboxylic acids is 1. The number of anilines is 1. The van der Waals surface area contributed by atoms with Gasteiger partial charge in [0, 0.05) is 5.02 Å². The van der Waals surface area contributed by atoms with Crippen molar-refractivity contribution in [3.8, 4) is 5.75 Å². The minimum Gasteiger partial charge on any atom is -0.486 e. The second-order valence-corrected chi connectivity index (χ2v) is 7.15. The van der Waals surface area contributed by atoms with E-state index in [0.717, 1.165) is 5.56 Å². The van der Waals surface area contributed by atoms with Crippen molar-refractivity contribution in [1.82, 2.24) is 14.8 Å². The zero-order valence-corrected chi connectivity index (χ0v) is 17.0. The minimum absolute atomic E-state index is 0.153. The van der Waals surface area contributed by atoms with E-state index in [1.165, 1.54) is 5.56 Å². The quantitative estimate of drug-likeness (QED) is 0.466. The van der Waals surface area contributed by atoms with E-state index in [2.05, 4.69) is 21.5 Å². The summed E-state index contributed by atoms with van der Waals surface area (Å²) in [6, 6.07) is 18.4. The third kappa shape index (κ3) is 5.07. The molecule has 0 unspecified atom stereocenters. The number of amides is 1. The number of aryl methyl sites for hydroxylation is 1. The molecule has 0 saturated heterocycles. The number of nitrogens with zero attached hydrogens (tertiary/aromatic N) is 3. The molecule has 0 bridgehead atoms. The van der Waals surface area contributed by atoms with E-state index in [1.54, 1.807) is 47.4 Å². The van der Waals surface area contributed by atoms with Gasteiger partial charge < -0.3 is 9.15 Å². The summed E-state index contributed by atoms with van der Waals surface area (Å²) in [4.78, 5) is 16.5. The number of hydrogen-bond donors (Lipinski definition) is 1. The lowest BCUT2D eigenvalue weighted by Crippen LogP contribution is -2.12. The molecule has 7 nitrogen and oxygen atoms in total. The normalized spacial score (nSPS) is 10.7. The van der Waals surface area contributed by atoms with Crippen molar-refractivity contribution >= 4 is 23.5 Å². The lowest BCUT2D eigenvalue weighted by molar-refractivity contribution is 0.0991. The summed E-state index contributed by atoms with van der Waals surface area (Å²) >= 11 is 5.85. The van der Waals surface area contributed by atoms with E-state index < -0.39 is 5.91 Å². The fraction of sp³-hybridized carbons (Fsp3) is 0.136. The number of hydrogen-bond acceptors (Lipinski definition) is 5. The highest BCUT2D eigenvalue weighted by Gasteiger charge is 2.14. The van der Waals surface area contributed by atoms with Crippen LogP contribution in [0.2, 0.25) is 5.02 Å². The van der Waals surface area contributed by atoms with Crippen LogP contribution in [0.5, 0.6) is 5.75 Å². The van der Waals surface area contributed by atoms with Crippen molar-refractivity contribution in [2.75, 3.05) is 5.32 Å². The maximum absolute atomic E-state index is 12.4. The van der Waals surface area contributed by atoms with Gasteiger partial charge in [-0.25, -0.2) is 9.67 Å². The van der Waals surface area contributed by atoms with Crippen LogP contribution in [0, 0.1) is 6.92 Å². The van der Waals surface area contributed by atoms with E-state index in [0.29, 0.717) is 23.1 Å². The van der Waals surface area contributed by atoms with Gasteiger partial charge >= 0.3 is 0 Å². The Balaban J connectivity index is 1.33. The maximum Gasteiger partial charge on any atom is 0.293 e. The molecule has 4 rings (SSSR count). The Morgan fingerprint density at radius 3 is 2.80 bits per heavy atom. The number of nitrogens with one attached hydrogen (secondary N) is 1. The Morgan fingerprint density at radius 2 is 2.00 bits per heavy atom. The van der Waals surface area contributed by atoms with E-state index in [-0.39, 0.29) is 18.3 Å². The Labute approximate surface area is 178 Å². The van der Waals surface area contributed by atoms with Crippen LogP contribution in [-0.2, 0) is 13.2 Å². The predicted molar refractivity (Wildman–Crippen MR) is 113 cm³/mol. The molecule has 2 heterocycles. The summed E-state index contributed by atoms with van der Waals surface area (Å²) in [5.74, 6) is 1.11. The minimum atomic E-state index is -0.430. The smallest absolute Gasteiger partial charge is 0.293 e. The van der Waals surface area contributed by atoms with Crippen LogP contribution in [0.15, 0.2) is 71.4 Å². The highest BCUT2D eigenvalue weighted by Crippen LogP contribution is 2.18. The Hall–Kier alpha value is -3.58. The second kappa shape index (κ2) is 8.84. The number of ether oxygens (including phenoxy) is 1. The predicted octanol–water partition coefficient (Wildman–Crippen LogP) is 4.71. The molecule has 8 heteroatoms. The van der Waals surface area contributed by atoms with Crippen LogP contribution in [0.3, 0.4) is 0 Å². The highest BCUT2D eigenvalue weighted by atomic mass is 35.5. The summed E-state index contributed by atoms with van der Waals surface area (Å²) in [6.07, 6.45) is 1.57. The van der Waals surface area contributed by atoms with Crippen molar-refractivity contribution in [2.45, 2.75) is 20.1 Å². The fourth-order valence-electron chi connectivity index (χ4n) is 2.85. The molecule has 1 amide bonds. The van der Waals surface area contributed by atoms with Crippen LogP contribution >= 0.6 is 11.6 Å². The zero-order valence-electron chi connectivity index (χ0n) is 16.2. The Kier molecular flexibility index (Phi) is 5.81. The summed E-state index contributed by atoms with van der Waals surface area (Å²) in [6.45, 7) is 2.80. The van der Waals surface area contributed by atoms with Gasteiger partial charge in [0.2, 0.25) is 5.95 Å². The number of benzene rings is 2. The summed E-state index contributed by atoms with van der Waals surface area (Å²) in [5, 5.41) is 7.56. The van der Waals surface area contributed by atoms with Crippen LogP contribution in [-0.4, -0.2) is 20.7 Å². The number of halogens is 1. The van der Waals surface area contributed by atoms with Crippen molar-refractivity contribution in [3.05, 3.63) is 94.7 Å². The zero-order chi connectivity index (χ0) is 20.9. The molecule has 0 aliphatic rings. The van der Waals surface area contributed by atoms with Crippen molar-refractivity contribution in [1.29, 1.82) is 0 Å². The van der Waals surface area contributed by atoms with Crippen LogP contribution in [0.4, 0.5) is 5.95 Å². The molecule has 2 aromatic heterocycles. The van der Waals surface area contributed by atoms with Gasteiger partial charge in [-0.15, -0.1) is 5.10 Å². The van der Waals surface area contributed by atoms with E-state index >= 15 is 0 Å². The van der Waals surface area contributed by atoms with Gasteiger partial charge in [-0.1, -0.05) is 41.4 Å². The number of rotatable bonds is 7. The highest BCUT2D eigenvalue weighted by molar-refractivity contribution is 6.30. The first kappa shape index (κ1) is 19.7. The van der Waals surface area contributed by atoms with Crippen molar-refractivity contribution < 1.29 is 13.9 Å². The summed E-state index contributed by atoms with van der Waals surface area (Å²) in [7, 11) is 0. The molecule has 1 N–H and O–H groups in total. The first-order valence-corrected chi connectivity index (χ1v) is 9.66. The van der Waals surface area contributed by atoms with Gasteiger partial charge in [0.1, 0.15) is 24.4 Å². The van der Waals surface area contributed by atoms with Gasteiger partial charge in [0.05, 0.1) is 6.54 Å².